The maximum absolute atomic E-state index is 8.79. The van der Waals surface area contributed by atoms with Crippen LogP contribution in [0.2, 0.25) is 0 Å². The molecule has 1 aliphatic rings. The Morgan fingerprint density at radius 3 is 2.88 bits per heavy atom. The van der Waals surface area contributed by atoms with Crippen LogP contribution in [0.25, 0.3) is 0 Å². The molecule has 1 aliphatic heterocycles. The van der Waals surface area contributed by atoms with E-state index in [4.69, 9.17) is 9.84 Å². The first-order valence-electron chi connectivity index (χ1n) is 5.77. The smallest absolute Gasteiger partial charge is 0.125 e. The monoisotopic (exact) mass is 221 g/mol. The Kier molecular flexibility index (Phi) is 3.17. The predicted molar refractivity (Wildman–Crippen MR) is 63.6 cm³/mol. The van der Waals surface area contributed by atoms with Crippen molar-refractivity contribution in [1.29, 1.82) is 0 Å². The van der Waals surface area contributed by atoms with Crippen LogP contribution in [0.3, 0.4) is 0 Å². The zero-order valence-electron chi connectivity index (χ0n) is 9.86. The Hall–Kier alpha value is -1.06. The molecule has 0 saturated heterocycles. The molecule has 16 heavy (non-hydrogen) atoms. The third-order valence-corrected chi connectivity index (χ3v) is 2.98. The van der Waals surface area contributed by atoms with Crippen molar-refractivity contribution in [3.63, 3.8) is 0 Å². The predicted octanol–water partition coefficient (Wildman–Crippen LogP) is 1.87. The van der Waals surface area contributed by atoms with E-state index in [1.54, 1.807) is 0 Å². The first kappa shape index (κ1) is 11.4. The van der Waals surface area contributed by atoms with Gasteiger partial charge in [0.05, 0.1) is 6.04 Å². The standard InChI is InChI=1S/C13H19NO2/c1-13(2)12(14-8-5-9-15)10-6-3-4-7-11(10)16-13/h3-4,6-7,12,14-15H,5,8-9H2,1-2H3. The van der Waals surface area contributed by atoms with Gasteiger partial charge >= 0.3 is 0 Å². The summed E-state index contributed by atoms with van der Waals surface area (Å²) in [5.41, 5.74) is 0.990. The van der Waals surface area contributed by atoms with Crippen molar-refractivity contribution in [3.8, 4) is 5.75 Å². The number of ether oxygens (including phenoxy) is 1. The summed E-state index contributed by atoms with van der Waals surface area (Å²) in [7, 11) is 0. The molecular formula is C13H19NO2. The maximum atomic E-state index is 8.79. The molecule has 0 aromatic heterocycles. The van der Waals surface area contributed by atoms with E-state index in [1.165, 1.54) is 5.56 Å². The van der Waals surface area contributed by atoms with Crippen LogP contribution in [0.15, 0.2) is 24.3 Å². The summed E-state index contributed by atoms with van der Waals surface area (Å²) in [5.74, 6) is 0.967. The Balaban J connectivity index is 2.15. The first-order chi connectivity index (χ1) is 7.65. The number of nitrogens with one attached hydrogen (secondary N) is 1. The highest BCUT2D eigenvalue weighted by Crippen LogP contribution is 2.42. The lowest BCUT2D eigenvalue weighted by molar-refractivity contribution is 0.0956. The average Bonchev–Trinajstić information content (AvgIpc) is 2.50. The molecule has 0 saturated carbocycles. The van der Waals surface area contributed by atoms with Gasteiger partial charge in [-0.25, -0.2) is 0 Å². The topological polar surface area (TPSA) is 41.5 Å². The molecule has 0 radical (unpaired) electrons. The van der Waals surface area contributed by atoms with Gasteiger partial charge in [0.15, 0.2) is 0 Å². The van der Waals surface area contributed by atoms with Gasteiger partial charge in [0.2, 0.25) is 0 Å². The molecule has 0 aliphatic carbocycles. The largest absolute Gasteiger partial charge is 0.486 e. The minimum absolute atomic E-state index is 0.204. The van der Waals surface area contributed by atoms with Crippen LogP contribution < -0.4 is 10.1 Å². The van der Waals surface area contributed by atoms with Crippen LogP contribution in [0.4, 0.5) is 0 Å². The van der Waals surface area contributed by atoms with Crippen molar-refractivity contribution in [1.82, 2.24) is 5.32 Å². The molecule has 1 heterocycles. The highest BCUT2D eigenvalue weighted by Gasteiger charge is 2.40. The number of hydrogen-bond acceptors (Lipinski definition) is 3. The molecule has 88 valence electrons. The van der Waals surface area contributed by atoms with Crippen LogP contribution in [-0.2, 0) is 0 Å². The normalized spacial score (nSPS) is 21.6. The second-order valence-corrected chi connectivity index (χ2v) is 4.71. The van der Waals surface area contributed by atoms with Gasteiger partial charge < -0.3 is 15.2 Å². The summed E-state index contributed by atoms with van der Waals surface area (Å²) in [6.45, 7) is 5.21. The van der Waals surface area contributed by atoms with E-state index >= 15 is 0 Å². The summed E-state index contributed by atoms with van der Waals surface area (Å²) in [5, 5.41) is 12.2. The first-order valence-corrected chi connectivity index (χ1v) is 5.77. The van der Waals surface area contributed by atoms with E-state index in [-0.39, 0.29) is 18.2 Å². The number of para-hydroxylation sites is 1. The van der Waals surface area contributed by atoms with E-state index in [0.717, 1.165) is 18.7 Å². The molecule has 2 rings (SSSR count). The van der Waals surface area contributed by atoms with Gasteiger partial charge in [-0.3, -0.25) is 0 Å². The van der Waals surface area contributed by atoms with Gasteiger partial charge in [-0.2, -0.15) is 0 Å². The highest BCUT2D eigenvalue weighted by atomic mass is 16.5. The number of benzene rings is 1. The van der Waals surface area contributed by atoms with Crippen molar-refractivity contribution in [2.45, 2.75) is 31.9 Å². The van der Waals surface area contributed by atoms with Crippen molar-refractivity contribution in [2.75, 3.05) is 13.2 Å². The van der Waals surface area contributed by atoms with E-state index in [9.17, 15) is 0 Å². The fourth-order valence-electron chi connectivity index (χ4n) is 2.21. The van der Waals surface area contributed by atoms with E-state index in [1.807, 2.05) is 18.2 Å². The molecule has 1 aromatic carbocycles. The zero-order valence-corrected chi connectivity index (χ0v) is 9.86. The van der Waals surface area contributed by atoms with E-state index in [0.29, 0.717) is 0 Å². The van der Waals surface area contributed by atoms with Gasteiger partial charge in [0.25, 0.3) is 0 Å². The SMILES string of the molecule is CC1(C)Oc2ccccc2C1NCCCO. The van der Waals surface area contributed by atoms with Gasteiger partial charge in [-0.1, -0.05) is 18.2 Å². The zero-order chi connectivity index (χ0) is 11.6. The Morgan fingerprint density at radius 1 is 1.38 bits per heavy atom. The van der Waals surface area contributed by atoms with Crippen molar-refractivity contribution in [3.05, 3.63) is 29.8 Å². The molecule has 1 aromatic rings. The van der Waals surface area contributed by atoms with Crippen LogP contribution in [-0.4, -0.2) is 23.9 Å². The van der Waals surface area contributed by atoms with Gasteiger partial charge in [0.1, 0.15) is 11.4 Å². The van der Waals surface area contributed by atoms with Crippen molar-refractivity contribution in [2.24, 2.45) is 0 Å². The molecule has 0 amide bonds. The number of fused-ring (bicyclic) bond motifs is 1. The van der Waals surface area contributed by atoms with Crippen LogP contribution in [0, 0.1) is 0 Å². The number of aliphatic hydroxyl groups is 1. The molecule has 1 unspecified atom stereocenters. The second kappa shape index (κ2) is 4.44. The third kappa shape index (κ3) is 2.06. The third-order valence-electron chi connectivity index (χ3n) is 2.98. The number of aliphatic hydroxyl groups excluding tert-OH is 1. The summed E-state index contributed by atoms with van der Waals surface area (Å²) in [4.78, 5) is 0. The van der Waals surface area contributed by atoms with Gasteiger partial charge in [-0.05, 0) is 32.9 Å². The molecule has 1 atom stereocenters. The highest BCUT2D eigenvalue weighted by molar-refractivity contribution is 5.42. The van der Waals surface area contributed by atoms with Gasteiger partial charge in [0, 0.05) is 12.2 Å². The summed E-state index contributed by atoms with van der Waals surface area (Å²) in [6.07, 6.45) is 0.773. The Bertz CT molecular complexity index is 363. The summed E-state index contributed by atoms with van der Waals surface area (Å²) < 4.78 is 5.91. The average molecular weight is 221 g/mol. The lowest BCUT2D eigenvalue weighted by Gasteiger charge is -2.27. The summed E-state index contributed by atoms with van der Waals surface area (Å²) in [6, 6.07) is 8.33. The number of rotatable bonds is 4. The van der Waals surface area contributed by atoms with E-state index in [2.05, 4.69) is 25.2 Å². The molecule has 3 nitrogen and oxygen atoms in total. The van der Waals surface area contributed by atoms with Gasteiger partial charge in [-0.15, -0.1) is 0 Å². The second-order valence-electron chi connectivity index (χ2n) is 4.71. The Labute approximate surface area is 96.4 Å². The van der Waals surface area contributed by atoms with Crippen molar-refractivity contribution < 1.29 is 9.84 Å². The molecule has 0 spiro atoms. The van der Waals surface area contributed by atoms with Crippen LogP contribution in [0.1, 0.15) is 31.9 Å². The Morgan fingerprint density at radius 2 is 2.12 bits per heavy atom. The minimum Gasteiger partial charge on any atom is -0.486 e. The van der Waals surface area contributed by atoms with E-state index < -0.39 is 0 Å². The molecule has 3 heteroatoms. The van der Waals surface area contributed by atoms with Crippen LogP contribution in [0.5, 0.6) is 5.75 Å². The molecule has 0 fully saturated rings. The lowest BCUT2D eigenvalue weighted by Crippen LogP contribution is -2.39. The number of hydrogen-bond donors (Lipinski definition) is 2. The quantitative estimate of drug-likeness (QED) is 0.763. The molecule has 2 N–H and O–H groups in total. The maximum Gasteiger partial charge on any atom is 0.125 e. The fourth-order valence-corrected chi connectivity index (χ4v) is 2.21. The lowest BCUT2D eigenvalue weighted by atomic mass is 9.94. The van der Waals surface area contributed by atoms with Crippen LogP contribution >= 0.6 is 0 Å². The molecular weight excluding hydrogens is 202 g/mol. The summed E-state index contributed by atoms with van der Waals surface area (Å²) >= 11 is 0. The fraction of sp³-hybridized carbons (Fsp3) is 0.538. The minimum atomic E-state index is -0.223. The molecule has 0 bridgehead atoms. The van der Waals surface area contributed by atoms with Crippen molar-refractivity contribution >= 4 is 0 Å².